The van der Waals surface area contributed by atoms with E-state index < -0.39 is 0 Å². The molecule has 2 heterocycles. The van der Waals surface area contributed by atoms with Crippen LogP contribution < -0.4 is 4.90 Å². The van der Waals surface area contributed by atoms with Gasteiger partial charge in [-0.05, 0) is 56.4 Å². The van der Waals surface area contributed by atoms with Gasteiger partial charge in [-0.1, -0.05) is 12.1 Å². The number of aryl methyl sites for hydroxylation is 2. The third kappa shape index (κ3) is 3.32. The van der Waals surface area contributed by atoms with Gasteiger partial charge in [0.05, 0.1) is 0 Å². The second-order valence-corrected chi connectivity index (χ2v) is 5.92. The Kier molecular flexibility index (Phi) is 3.78. The number of aromatic nitrogens is 2. The van der Waals surface area contributed by atoms with E-state index in [1.165, 1.54) is 5.56 Å². The molecule has 0 radical (unpaired) electrons. The molecule has 0 amide bonds. The number of hydrogen-bond donors (Lipinski definition) is 1. The Morgan fingerprint density at radius 2 is 1.81 bits per heavy atom. The second kappa shape index (κ2) is 5.72. The van der Waals surface area contributed by atoms with E-state index in [0.29, 0.717) is 11.7 Å². The lowest BCUT2D eigenvalue weighted by Crippen LogP contribution is -2.23. The Morgan fingerprint density at radius 3 is 2.48 bits per heavy atom. The molecule has 110 valence electrons. The fourth-order valence-electron chi connectivity index (χ4n) is 3.00. The van der Waals surface area contributed by atoms with Crippen molar-refractivity contribution in [3.05, 3.63) is 47.3 Å². The summed E-state index contributed by atoms with van der Waals surface area (Å²) in [6, 6.07) is 9.54. The van der Waals surface area contributed by atoms with E-state index in [2.05, 4.69) is 14.9 Å². The van der Waals surface area contributed by atoms with Gasteiger partial charge in [-0.15, -0.1) is 0 Å². The van der Waals surface area contributed by atoms with Crippen LogP contribution in [0.1, 0.15) is 23.4 Å². The van der Waals surface area contributed by atoms with Crippen molar-refractivity contribution in [3.8, 4) is 5.75 Å². The predicted molar refractivity (Wildman–Crippen MR) is 83.6 cm³/mol. The lowest BCUT2D eigenvalue weighted by molar-refractivity contribution is 0.474. The van der Waals surface area contributed by atoms with Crippen LogP contribution in [0.2, 0.25) is 0 Å². The molecule has 1 aliphatic heterocycles. The summed E-state index contributed by atoms with van der Waals surface area (Å²) in [5, 5.41) is 9.34. The van der Waals surface area contributed by atoms with E-state index in [1.54, 1.807) is 12.1 Å². The number of nitrogens with zero attached hydrogens (tertiary/aromatic N) is 3. The van der Waals surface area contributed by atoms with Crippen LogP contribution in [0.5, 0.6) is 5.75 Å². The molecule has 0 aliphatic carbocycles. The summed E-state index contributed by atoms with van der Waals surface area (Å²) < 4.78 is 0. The molecule has 3 rings (SSSR count). The average Bonchev–Trinajstić information content (AvgIpc) is 2.89. The van der Waals surface area contributed by atoms with Crippen LogP contribution >= 0.6 is 0 Å². The molecule has 1 aromatic carbocycles. The summed E-state index contributed by atoms with van der Waals surface area (Å²) in [4.78, 5) is 11.4. The van der Waals surface area contributed by atoms with E-state index in [9.17, 15) is 5.11 Å². The van der Waals surface area contributed by atoms with Crippen LogP contribution in [-0.2, 0) is 6.42 Å². The number of hydrogen-bond acceptors (Lipinski definition) is 4. The summed E-state index contributed by atoms with van der Waals surface area (Å²) in [5.41, 5.74) is 3.33. The molecule has 21 heavy (non-hydrogen) atoms. The van der Waals surface area contributed by atoms with Crippen LogP contribution in [-0.4, -0.2) is 28.2 Å². The summed E-state index contributed by atoms with van der Waals surface area (Å²) in [5.74, 6) is 1.81. The molecule has 0 saturated carbocycles. The molecule has 4 heteroatoms. The van der Waals surface area contributed by atoms with Crippen LogP contribution in [0.25, 0.3) is 0 Å². The lowest BCUT2D eigenvalue weighted by atomic mass is 9.99. The molecule has 2 aromatic rings. The van der Waals surface area contributed by atoms with Gasteiger partial charge in [-0.2, -0.15) is 0 Å². The Morgan fingerprint density at radius 1 is 1.14 bits per heavy atom. The van der Waals surface area contributed by atoms with E-state index in [0.717, 1.165) is 43.3 Å². The standard InChI is InChI=1S/C17H21N3O/c1-12-9-13(2)19-17(18-12)20-8-7-15(11-20)10-14-3-5-16(21)6-4-14/h3-6,9,15,21H,7-8,10-11H2,1-2H3. The molecule has 1 aliphatic rings. The van der Waals surface area contributed by atoms with Gasteiger partial charge in [-0.25, -0.2) is 9.97 Å². The second-order valence-electron chi connectivity index (χ2n) is 5.92. The first kappa shape index (κ1) is 13.9. The number of rotatable bonds is 3. The topological polar surface area (TPSA) is 49.2 Å². The third-order valence-corrected chi connectivity index (χ3v) is 4.00. The Hall–Kier alpha value is -2.10. The highest BCUT2D eigenvalue weighted by molar-refractivity contribution is 5.34. The normalized spacial score (nSPS) is 18.2. The molecule has 1 atom stereocenters. The third-order valence-electron chi connectivity index (χ3n) is 4.00. The van der Waals surface area contributed by atoms with Gasteiger partial charge in [0, 0.05) is 24.5 Å². The maximum atomic E-state index is 9.34. The predicted octanol–water partition coefficient (Wildman–Crippen LogP) is 2.87. The molecule has 1 N–H and O–H groups in total. The van der Waals surface area contributed by atoms with Gasteiger partial charge in [0.2, 0.25) is 5.95 Å². The molecule has 4 nitrogen and oxygen atoms in total. The summed E-state index contributed by atoms with van der Waals surface area (Å²) in [6.45, 7) is 6.06. The summed E-state index contributed by atoms with van der Waals surface area (Å²) in [7, 11) is 0. The van der Waals surface area contributed by atoms with E-state index >= 15 is 0 Å². The van der Waals surface area contributed by atoms with Crippen LogP contribution in [0, 0.1) is 19.8 Å². The number of anilines is 1. The minimum absolute atomic E-state index is 0.329. The van der Waals surface area contributed by atoms with Crippen LogP contribution in [0.15, 0.2) is 30.3 Å². The SMILES string of the molecule is Cc1cc(C)nc(N2CCC(Cc3ccc(O)cc3)C2)n1. The van der Waals surface area contributed by atoms with E-state index in [1.807, 2.05) is 32.0 Å². The molecule has 1 saturated heterocycles. The zero-order valence-corrected chi connectivity index (χ0v) is 12.6. The highest BCUT2D eigenvalue weighted by atomic mass is 16.3. The minimum Gasteiger partial charge on any atom is -0.508 e. The first-order valence-electron chi connectivity index (χ1n) is 7.45. The van der Waals surface area contributed by atoms with Crippen molar-refractivity contribution in [2.75, 3.05) is 18.0 Å². The van der Waals surface area contributed by atoms with Gasteiger partial charge in [-0.3, -0.25) is 0 Å². The zero-order chi connectivity index (χ0) is 14.8. The highest BCUT2D eigenvalue weighted by Crippen LogP contribution is 2.25. The average molecular weight is 283 g/mol. The first-order valence-corrected chi connectivity index (χ1v) is 7.45. The first-order chi connectivity index (χ1) is 10.1. The van der Waals surface area contributed by atoms with Crippen LogP contribution in [0.4, 0.5) is 5.95 Å². The Labute approximate surface area is 125 Å². The molecular weight excluding hydrogens is 262 g/mol. The monoisotopic (exact) mass is 283 g/mol. The zero-order valence-electron chi connectivity index (χ0n) is 12.6. The van der Waals surface area contributed by atoms with Crippen molar-refractivity contribution in [1.29, 1.82) is 0 Å². The number of benzene rings is 1. The van der Waals surface area contributed by atoms with Gasteiger partial charge >= 0.3 is 0 Å². The Balaban J connectivity index is 1.66. The maximum absolute atomic E-state index is 9.34. The van der Waals surface area contributed by atoms with Crippen molar-refractivity contribution in [2.45, 2.75) is 26.7 Å². The number of phenols is 1. The van der Waals surface area contributed by atoms with Crippen molar-refractivity contribution in [2.24, 2.45) is 5.92 Å². The van der Waals surface area contributed by atoms with E-state index in [-0.39, 0.29) is 0 Å². The van der Waals surface area contributed by atoms with Crippen molar-refractivity contribution in [1.82, 2.24) is 9.97 Å². The van der Waals surface area contributed by atoms with E-state index in [4.69, 9.17) is 0 Å². The molecule has 1 fully saturated rings. The minimum atomic E-state index is 0.329. The highest BCUT2D eigenvalue weighted by Gasteiger charge is 2.24. The Bertz CT molecular complexity index is 604. The van der Waals surface area contributed by atoms with Gasteiger partial charge in [0.1, 0.15) is 5.75 Å². The molecule has 0 spiro atoms. The largest absolute Gasteiger partial charge is 0.508 e. The van der Waals surface area contributed by atoms with Gasteiger partial charge in [0.25, 0.3) is 0 Å². The number of aromatic hydroxyl groups is 1. The van der Waals surface area contributed by atoms with Crippen LogP contribution in [0.3, 0.4) is 0 Å². The molecule has 1 aromatic heterocycles. The van der Waals surface area contributed by atoms with Gasteiger partial charge < -0.3 is 10.0 Å². The smallest absolute Gasteiger partial charge is 0.225 e. The summed E-state index contributed by atoms with van der Waals surface area (Å²) in [6.07, 6.45) is 2.21. The molecule has 0 bridgehead atoms. The van der Waals surface area contributed by atoms with Crippen molar-refractivity contribution in [3.63, 3.8) is 0 Å². The summed E-state index contributed by atoms with van der Waals surface area (Å²) >= 11 is 0. The lowest BCUT2D eigenvalue weighted by Gasteiger charge is -2.17. The molecular formula is C17H21N3O. The fraction of sp³-hybridized carbons (Fsp3) is 0.412. The maximum Gasteiger partial charge on any atom is 0.225 e. The van der Waals surface area contributed by atoms with Crippen molar-refractivity contribution < 1.29 is 5.11 Å². The van der Waals surface area contributed by atoms with Crippen molar-refractivity contribution >= 4 is 5.95 Å². The quantitative estimate of drug-likeness (QED) is 0.941. The fourth-order valence-corrected chi connectivity index (χ4v) is 3.00. The number of phenolic OH excluding ortho intramolecular Hbond substituents is 1. The molecule has 1 unspecified atom stereocenters. The van der Waals surface area contributed by atoms with Gasteiger partial charge in [0.15, 0.2) is 0 Å².